The van der Waals surface area contributed by atoms with E-state index in [2.05, 4.69) is 18.7 Å². The Balaban J connectivity index is 2.17. The average molecular weight is 381 g/mol. The first-order valence-corrected chi connectivity index (χ1v) is 9.75. The third-order valence-electron chi connectivity index (χ3n) is 6.18. The molecule has 0 saturated heterocycles. The molecule has 2 unspecified atom stereocenters. The first-order chi connectivity index (χ1) is 13.5. The fourth-order valence-electron chi connectivity index (χ4n) is 4.56. The van der Waals surface area contributed by atoms with E-state index < -0.39 is 6.10 Å². The zero-order chi connectivity index (χ0) is 20.0. The largest absolute Gasteiger partial charge is 0.496 e. The second kappa shape index (κ2) is 7.33. The van der Waals surface area contributed by atoms with E-state index in [-0.39, 0.29) is 19.3 Å². The smallest absolute Gasteiger partial charge is 0.125 e. The Morgan fingerprint density at radius 2 is 1.79 bits per heavy atom. The van der Waals surface area contributed by atoms with Crippen molar-refractivity contribution >= 4 is 21.5 Å². The second-order valence-electron chi connectivity index (χ2n) is 7.55. The topological polar surface area (TPSA) is 73.2 Å². The van der Waals surface area contributed by atoms with Crippen LogP contribution >= 0.6 is 0 Å². The van der Waals surface area contributed by atoms with Crippen LogP contribution in [-0.2, 0) is 19.8 Å². The molecule has 0 aliphatic carbocycles. The van der Waals surface area contributed by atoms with Crippen molar-refractivity contribution in [3.05, 3.63) is 52.6 Å². The summed E-state index contributed by atoms with van der Waals surface area (Å²) in [5, 5.41) is 34.6. The van der Waals surface area contributed by atoms with E-state index in [4.69, 9.17) is 4.74 Å². The summed E-state index contributed by atoms with van der Waals surface area (Å²) >= 11 is 0. The predicted molar refractivity (Wildman–Crippen MR) is 110 cm³/mol. The molecule has 1 heterocycles. The molecule has 3 aromatic rings. The molecular weight excluding hydrogens is 354 g/mol. The Labute approximate surface area is 164 Å². The molecule has 5 nitrogen and oxygen atoms in total. The number of likely N-dealkylation sites (N-methyl/N-ethyl adjacent to an activating group) is 1. The van der Waals surface area contributed by atoms with Crippen molar-refractivity contribution < 1.29 is 20.1 Å². The molecule has 3 aromatic carbocycles. The summed E-state index contributed by atoms with van der Waals surface area (Å²) in [5.41, 5.74) is 3.61. The molecule has 0 amide bonds. The van der Waals surface area contributed by atoms with Crippen LogP contribution in [0.5, 0.6) is 5.75 Å². The van der Waals surface area contributed by atoms with Crippen LogP contribution in [0, 0.1) is 0 Å². The third-order valence-corrected chi connectivity index (χ3v) is 6.18. The molecule has 0 bridgehead atoms. The van der Waals surface area contributed by atoms with Gasteiger partial charge in [0.15, 0.2) is 0 Å². The van der Waals surface area contributed by atoms with Crippen molar-refractivity contribution in [1.29, 1.82) is 0 Å². The minimum atomic E-state index is -0.598. The Morgan fingerprint density at radius 1 is 1.04 bits per heavy atom. The molecule has 1 aliphatic rings. The molecule has 28 heavy (non-hydrogen) atoms. The number of rotatable bonds is 4. The van der Waals surface area contributed by atoms with Crippen molar-refractivity contribution in [3.63, 3.8) is 0 Å². The lowest BCUT2D eigenvalue weighted by molar-refractivity contribution is 0.0426. The van der Waals surface area contributed by atoms with Gasteiger partial charge in [-0.05, 0) is 69.9 Å². The molecule has 3 N–H and O–H groups in total. The first kappa shape index (κ1) is 19.2. The van der Waals surface area contributed by atoms with Crippen molar-refractivity contribution in [2.24, 2.45) is 0 Å². The summed E-state index contributed by atoms with van der Waals surface area (Å²) in [6.07, 6.45) is -0.598. The summed E-state index contributed by atoms with van der Waals surface area (Å²) in [6.45, 7) is 5.62. The molecule has 0 aromatic heterocycles. The first-order valence-electron chi connectivity index (χ1n) is 9.75. The maximum absolute atomic E-state index is 11.2. The molecule has 0 radical (unpaired) electrons. The number of hydrogen-bond acceptors (Lipinski definition) is 5. The van der Waals surface area contributed by atoms with E-state index in [1.165, 1.54) is 0 Å². The zero-order valence-corrected chi connectivity index (χ0v) is 16.6. The van der Waals surface area contributed by atoms with Crippen LogP contribution in [0.25, 0.3) is 21.5 Å². The summed E-state index contributed by atoms with van der Waals surface area (Å²) in [6, 6.07) is 9.86. The van der Waals surface area contributed by atoms with Gasteiger partial charge in [0.25, 0.3) is 0 Å². The van der Waals surface area contributed by atoms with E-state index in [9.17, 15) is 15.3 Å². The number of hydrogen-bond donors (Lipinski definition) is 3. The molecule has 5 heteroatoms. The summed E-state index contributed by atoms with van der Waals surface area (Å²) in [5.74, 6) is 0.644. The molecule has 148 valence electrons. The molecule has 0 spiro atoms. The Morgan fingerprint density at radius 3 is 2.43 bits per heavy atom. The fraction of sp³-hybridized carbons (Fsp3) is 0.391. The quantitative estimate of drug-likeness (QED) is 0.605. The lowest BCUT2D eigenvalue weighted by Crippen LogP contribution is -2.41. The van der Waals surface area contributed by atoms with Crippen LogP contribution in [0.15, 0.2) is 30.3 Å². The van der Waals surface area contributed by atoms with Crippen LogP contribution in [0.2, 0.25) is 0 Å². The number of aliphatic hydroxyl groups is 3. The van der Waals surface area contributed by atoms with Crippen LogP contribution in [0.4, 0.5) is 0 Å². The van der Waals surface area contributed by atoms with Gasteiger partial charge in [0, 0.05) is 18.2 Å². The molecule has 2 atom stereocenters. The monoisotopic (exact) mass is 381 g/mol. The van der Waals surface area contributed by atoms with Crippen LogP contribution in [-0.4, -0.2) is 39.9 Å². The molecular formula is C23H27NO4. The van der Waals surface area contributed by atoms with Gasteiger partial charge in [-0.2, -0.15) is 0 Å². The zero-order valence-electron chi connectivity index (χ0n) is 16.6. The van der Waals surface area contributed by atoms with Gasteiger partial charge in [-0.1, -0.05) is 19.1 Å². The lowest BCUT2D eigenvalue weighted by Gasteiger charge is -2.39. The second-order valence-corrected chi connectivity index (χ2v) is 7.55. The van der Waals surface area contributed by atoms with Gasteiger partial charge in [0.1, 0.15) is 5.75 Å². The molecule has 1 aliphatic heterocycles. The van der Waals surface area contributed by atoms with Gasteiger partial charge < -0.3 is 20.1 Å². The highest BCUT2D eigenvalue weighted by Crippen LogP contribution is 2.43. The number of benzene rings is 3. The Hall–Kier alpha value is -2.18. The van der Waals surface area contributed by atoms with E-state index >= 15 is 0 Å². The van der Waals surface area contributed by atoms with Gasteiger partial charge in [-0.15, -0.1) is 0 Å². The van der Waals surface area contributed by atoms with E-state index in [0.717, 1.165) is 56.9 Å². The molecule has 0 saturated carbocycles. The predicted octanol–water partition coefficient (Wildman–Crippen LogP) is 3.24. The average Bonchev–Trinajstić information content (AvgIpc) is 2.74. The minimum Gasteiger partial charge on any atom is -0.496 e. The highest BCUT2D eigenvalue weighted by atomic mass is 16.5. The van der Waals surface area contributed by atoms with Crippen LogP contribution < -0.4 is 4.74 Å². The maximum Gasteiger partial charge on any atom is 0.125 e. The van der Waals surface area contributed by atoms with Gasteiger partial charge in [-0.3, -0.25) is 4.90 Å². The van der Waals surface area contributed by atoms with Crippen molar-refractivity contribution in [1.82, 2.24) is 4.90 Å². The fourth-order valence-corrected chi connectivity index (χ4v) is 4.56. The van der Waals surface area contributed by atoms with Gasteiger partial charge >= 0.3 is 0 Å². The number of ether oxygens (including phenoxy) is 1. The number of fused-ring (bicyclic) bond motifs is 6. The van der Waals surface area contributed by atoms with E-state index in [1.54, 1.807) is 7.11 Å². The van der Waals surface area contributed by atoms with E-state index in [0.29, 0.717) is 5.75 Å². The number of aliphatic hydroxyl groups excluding tert-OH is 3. The van der Waals surface area contributed by atoms with Gasteiger partial charge in [0.2, 0.25) is 0 Å². The molecule has 4 rings (SSSR count). The SMILES string of the molecule is CCN1Cc2c(c3ccc(CO)cc3c3cc(CO)c(OC)cc23)C(O)C1C. The Bertz CT molecular complexity index is 1050. The van der Waals surface area contributed by atoms with Crippen molar-refractivity contribution in [2.75, 3.05) is 13.7 Å². The van der Waals surface area contributed by atoms with Crippen molar-refractivity contribution in [2.45, 2.75) is 45.8 Å². The number of nitrogens with zero attached hydrogens (tertiary/aromatic N) is 1. The minimum absolute atomic E-state index is 0.0225. The van der Waals surface area contributed by atoms with Gasteiger partial charge in [-0.25, -0.2) is 0 Å². The number of methoxy groups -OCH3 is 1. The van der Waals surface area contributed by atoms with Crippen LogP contribution in [0.1, 0.15) is 42.2 Å². The standard InChI is InChI=1S/C23H27NO4/c1-4-24-10-20-19-9-21(28-3)15(12-26)8-18(19)17-7-14(11-25)5-6-16(17)22(20)23(27)13(24)2/h5-9,13,23,25-27H,4,10-12H2,1-3H3. The lowest BCUT2D eigenvalue weighted by atomic mass is 9.83. The third kappa shape index (κ3) is 2.78. The summed E-state index contributed by atoms with van der Waals surface area (Å²) in [4.78, 5) is 2.27. The molecule has 0 fully saturated rings. The van der Waals surface area contributed by atoms with Gasteiger partial charge in [0.05, 0.1) is 26.4 Å². The highest BCUT2D eigenvalue weighted by Gasteiger charge is 2.33. The van der Waals surface area contributed by atoms with E-state index in [1.807, 2.05) is 30.3 Å². The normalized spacial score (nSPS) is 19.9. The van der Waals surface area contributed by atoms with Crippen LogP contribution in [0.3, 0.4) is 0 Å². The summed E-state index contributed by atoms with van der Waals surface area (Å²) in [7, 11) is 1.60. The van der Waals surface area contributed by atoms with Crippen molar-refractivity contribution in [3.8, 4) is 5.75 Å². The maximum atomic E-state index is 11.2. The highest BCUT2D eigenvalue weighted by molar-refractivity contribution is 6.12. The Kier molecular flexibility index (Phi) is 5.02. The summed E-state index contributed by atoms with van der Waals surface area (Å²) < 4.78 is 5.52.